The molecule has 2 amide bonds. The molecule has 1 aliphatic rings. The molecule has 9 nitrogen and oxygen atoms in total. The van der Waals surface area contributed by atoms with E-state index in [1.165, 1.54) is 0 Å². The van der Waals surface area contributed by atoms with Crippen molar-refractivity contribution in [2.75, 3.05) is 39.3 Å². The summed E-state index contributed by atoms with van der Waals surface area (Å²) >= 11 is 0. The molecule has 4 rings (SSSR count). The summed E-state index contributed by atoms with van der Waals surface area (Å²) in [5, 5.41) is 6.74. The Bertz CT molecular complexity index is 986. The van der Waals surface area contributed by atoms with Gasteiger partial charge in [0.05, 0.1) is 17.4 Å². The number of hydrogen-bond donors (Lipinski definition) is 2. The van der Waals surface area contributed by atoms with Crippen molar-refractivity contribution in [1.29, 1.82) is 0 Å². The lowest BCUT2D eigenvalue weighted by Gasteiger charge is -2.34. The maximum Gasteiger partial charge on any atom is 0.276 e. The second kappa shape index (κ2) is 7.81. The van der Waals surface area contributed by atoms with Crippen LogP contribution in [0.4, 0.5) is 0 Å². The van der Waals surface area contributed by atoms with Crippen LogP contribution in [-0.2, 0) is 0 Å². The third-order valence-electron chi connectivity index (χ3n) is 4.90. The highest BCUT2D eigenvalue weighted by molar-refractivity contribution is 5.97. The lowest BCUT2D eigenvalue weighted by Crippen LogP contribution is -2.50. The van der Waals surface area contributed by atoms with Gasteiger partial charge in [-0.05, 0) is 25.1 Å². The Morgan fingerprint density at radius 1 is 1.21 bits per heavy atom. The molecule has 0 radical (unpaired) electrons. The van der Waals surface area contributed by atoms with E-state index in [-0.39, 0.29) is 11.8 Å². The quantitative estimate of drug-likeness (QED) is 0.683. The van der Waals surface area contributed by atoms with Gasteiger partial charge in [-0.15, -0.1) is 0 Å². The molecule has 0 atom stereocenters. The summed E-state index contributed by atoms with van der Waals surface area (Å²) in [7, 11) is 0. The summed E-state index contributed by atoms with van der Waals surface area (Å²) in [6, 6.07) is 7.06. The zero-order valence-corrected chi connectivity index (χ0v) is 15.6. The van der Waals surface area contributed by atoms with Crippen LogP contribution in [-0.4, -0.2) is 76.0 Å². The molecule has 1 fully saturated rings. The molecule has 0 saturated carbocycles. The Kier molecular flexibility index (Phi) is 5.07. The van der Waals surface area contributed by atoms with E-state index in [9.17, 15) is 9.59 Å². The van der Waals surface area contributed by atoms with Gasteiger partial charge in [0.15, 0.2) is 5.69 Å². The van der Waals surface area contributed by atoms with E-state index < -0.39 is 0 Å². The monoisotopic (exact) mass is 382 g/mol. The largest absolute Gasteiger partial charge is 0.361 e. The standard InChI is InChI=1S/C19H22N6O3/c1-13-10-17(23-28-13)19(27)25-8-6-24(7-9-25)5-4-20-18(26)14-2-3-15-16(11-14)22-12-21-15/h2-3,10-12H,4-9H2,1H3,(H,20,26)(H,21,22). The zero-order valence-electron chi connectivity index (χ0n) is 15.6. The Hall–Kier alpha value is -3.20. The molecule has 28 heavy (non-hydrogen) atoms. The van der Waals surface area contributed by atoms with E-state index in [2.05, 4.69) is 25.3 Å². The number of amides is 2. The van der Waals surface area contributed by atoms with Crippen molar-refractivity contribution in [3.63, 3.8) is 0 Å². The van der Waals surface area contributed by atoms with E-state index in [0.29, 0.717) is 36.7 Å². The summed E-state index contributed by atoms with van der Waals surface area (Å²) in [5.74, 6) is 0.426. The van der Waals surface area contributed by atoms with Gasteiger partial charge in [-0.2, -0.15) is 0 Å². The molecule has 3 aromatic rings. The molecule has 1 aromatic carbocycles. The molecule has 9 heteroatoms. The average molecular weight is 382 g/mol. The molecular formula is C19H22N6O3. The number of piperazine rings is 1. The van der Waals surface area contributed by atoms with Crippen LogP contribution in [0.2, 0.25) is 0 Å². The topological polar surface area (TPSA) is 107 Å². The highest BCUT2D eigenvalue weighted by atomic mass is 16.5. The summed E-state index contributed by atoms with van der Waals surface area (Å²) < 4.78 is 4.98. The number of fused-ring (bicyclic) bond motifs is 1. The minimum atomic E-state index is -0.105. The number of benzene rings is 1. The predicted molar refractivity (Wildman–Crippen MR) is 102 cm³/mol. The molecule has 0 aliphatic carbocycles. The summed E-state index contributed by atoms with van der Waals surface area (Å²) in [4.78, 5) is 35.9. The molecule has 2 N–H and O–H groups in total. The van der Waals surface area contributed by atoms with E-state index in [1.54, 1.807) is 36.4 Å². The number of aromatic nitrogens is 3. The highest BCUT2D eigenvalue weighted by Crippen LogP contribution is 2.12. The lowest BCUT2D eigenvalue weighted by molar-refractivity contribution is 0.0628. The number of nitrogens with one attached hydrogen (secondary N) is 2. The molecule has 1 aliphatic heterocycles. The van der Waals surface area contributed by atoms with Gasteiger partial charge in [-0.25, -0.2) is 4.98 Å². The second-order valence-corrected chi connectivity index (χ2v) is 6.85. The predicted octanol–water partition coefficient (Wildman–Crippen LogP) is 1.05. The summed E-state index contributed by atoms with van der Waals surface area (Å²) in [5.41, 5.74) is 2.64. The van der Waals surface area contributed by atoms with Gasteiger partial charge in [0, 0.05) is 50.9 Å². The van der Waals surface area contributed by atoms with Crippen LogP contribution >= 0.6 is 0 Å². The van der Waals surface area contributed by atoms with Gasteiger partial charge < -0.3 is 19.7 Å². The van der Waals surface area contributed by atoms with Crippen LogP contribution in [0.3, 0.4) is 0 Å². The minimum absolute atomic E-state index is 0.0981. The van der Waals surface area contributed by atoms with Crippen molar-refractivity contribution >= 4 is 22.8 Å². The fraction of sp³-hybridized carbons (Fsp3) is 0.368. The maximum atomic E-state index is 12.4. The van der Waals surface area contributed by atoms with E-state index in [0.717, 1.165) is 30.7 Å². The number of carbonyl (C=O) groups is 2. The van der Waals surface area contributed by atoms with E-state index in [1.807, 2.05) is 6.07 Å². The first-order valence-corrected chi connectivity index (χ1v) is 9.26. The Labute approximate surface area is 161 Å². The Morgan fingerprint density at radius 3 is 2.79 bits per heavy atom. The van der Waals surface area contributed by atoms with Crippen molar-refractivity contribution in [3.8, 4) is 0 Å². The van der Waals surface area contributed by atoms with Crippen molar-refractivity contribution in [3.05, 3.63) is 47.6 Å². The van der Waals surface area contributed by atoms with Gasteiger partial charge >= 0.3 is 0 Å². The molecule has 0 unspecified atom stereocenters. The first kappa shape index (κ1) is 18.2. The minimum Gasteiger partial charge on any atom is -0.361 e. The van der Waals surface area contributed by atoms with E-state index >= 15 is 0 Å². The van der Waals surface area contributed by atoms with Crippen LogP contribution in [0.5, 0.6) is 0 Å². The summed E-state index contributed by atoms with van der Waals surface area (Å²) in [6.07, 6.45) is 1.61. The number of H-pyrrole nitrogens is 1. The number of aryl methyl sites for hydroxylation is 1. The maximum absolute atomic E-state index is 12.4. The van der Waals surface area contributed by atoms with E-state index in [4.69, 9.17) is 4.52 Å². The van der Waals surface area contributed by atoms with Crippen LogP contribution in [0.1, 0.15) is 26.6 Å². The molecule has 3 heterocycles. The van der Waals surface area contributed by atoms with Crippen LogP contribution < -0.4 is 5.32 Å². The lowest BCUT2D eigenvalue weighted by atomic mass is 10.2. The van der Waals surface area contributed by atoms with Crippen LogP contribution in [0.25, 0.3) is 11.0 Å². The first-order valence-electron chi connectivity index (χ1n) is 9.26. The number of rotatable bonds is 5. The zero-order chi connectivity index (χ0) is 19.5. The number of hydrogen-bond acceptors (Lipinski definition) is 6. The van der Waals surface area contributed by atoms with Gasteiger partial charge in [0.2, 0.25) is 0 Å². The fourth-order valence-corrected chi connectivity index (χ4v) is 3.31. The van der Waals surface area contributed by atoms with Crippen molar-refractivity contribution < 1.29 is 14.1 Å². The molecule has 1 saturated heterocycles. The number of aromatic amines is 1. The normalized spacial score (nSPS) is 15.1. The van der Waals surface area contributed by atoms with Gasteiger partial charge in [-0.1, -0.05) is 5.16 Å². The number of imidazole rings is 1. The molecule has 0 bridgehead atoms. The van der Waals surface area contributed by atoms with Crippen LogP contribution in [0, 0.1) is 6.92 Å². The fourth-order valence-electron chi connectivity index (χ4n) is 3.31. The van der Waals surface area contributed by atoms with Crippen molar-refractivity contribution in [1.82, 2.24) is 30.2 Å². The third kappa shape index (κ3) is 3.89. The molecular weight excluding hydrogens is 360 g/mol. The average Bonchev–Trinajstić information content (AvgIpc) is 3.36. The smallest absolute Gasteiger partial charge is 0.276 e. The number of nitrogens with zero attached hydrogens (tertiary/aromatic N) is 4. The summed E-state index contributed by atoms with van der Waals surface area (Å²) in [6.45, 7) is 5.85. The number of carbonyl (C=O) groups excluding carboxylic acids is 2. The van der Waals surface area contributed by atoms with Gasteiger partial charge in [0.25, 0.3) is 11.8 Å². The third-order valence-corrected chi connectivity index (χ3v) is 4.90. The Balaban J connectivity index is 1.22. The van der Waals surface area contributed by atoms with Crippen LogP contribution in [0.15, 0.2) is 35.1 Å². The molecule has 146 valence electrons. The van der Waals surface area contributed by atoms with Gasteiger partial charge in [-0.3, -0.25) is 14.5 Å². The molecule has 2 aromatic heterocycles. The highest BCUT2D eigenvalue weighted by Gasteiger charge is 2.24. The van der Waals surface area contributed by atoms with Crippen molar-refractivity contribution in [2.45, 2.75) is 6.92 Å². The van der Waals surface area contributed by atoms with Gasteiger partial charge in [0.1, 0.15) is 5.76 Å². The Morgan fingerprint density at radius 2 is 2.04 bits per heavy atom. The van der Waals surface area contributed by atoms with Crippen molar-refractivity contribution in [2.24, 2.45) is 0 Å². The molecule has 0 spiro atoms. The first-order chi connectivity index (χ1) is 13.6. The second-order valence-electron chi connectivity index (χ2n) is 6.85. The SMILES string of the molecule is Cc1cc(C(=O)N2CCN(CCNC(=O)c3ccc4nc[nH]c4c3)CC2)no1.